The van der Waals surface area contributed by atoms with Crippen molar-refractivity contribution in [3.05, 3.63) is 140 Å². The maximum atomic E-state index is 6.23. The Morgan fingerprint density at radius 1 is 0.417 bits per heavy atom. The molecule has 0 atom stereocenters. The third-order valence-electron chi connectivity index (χ3n) is 6.84. The monoisotopic (exact) mass is 461 g/mol. The first-order chi connectivity index (χ1) is 17.8. The molecule has 0 aliphatic carbocycles. The van der Waals surface area contributed by atoms with Gasteiger partial charge in [-0.3, -0.25) is 0 Å². The lowest BCUT2D eigenvalue weighted by atomic mass is 9.97. The first kappa shape index (κ1) is 20.5. The molecule has 0 radical (unpaired) electrons. The third kappa shape index (κ3) is 3.43. The highest BCUT2D eigenvalue weighted by Crippen LogP contribution is 2.40. The van der Waals surface area contributed by atoms with Gasteiger partial charge in [0.2, 0.25) is 0 Å². The molecule has 0 bridgehead atoms. The van der Waals surface area contributed by atoms with E-state index in [2.05, 4.69) is 132 Å². The van der Waals surface area contributed by atoms with Gasteiger partial charge in [0.25, 0.3) is 0 Å². The predicted octanol–water partition coefficient (Wildman–Crippen LogP) is 9.88. The van der Waals surface area contributed by atoms with Crippen LogP contribution in [-0.4, -0.2) is 0 Å². The summed E-state index contributed by atoms with van der Waals surface area (Å²) >= 11 is 0. The van der Waals surface area contributed by atoms with Crippen LogP contribution in [0.25, 0.3) is 43.8 Å². The van der Waals surface area contributed by atoms with Crippen molar-refractivity contribution in [2.75, 3.05) is 4.90 Å². The van der Waals surface area contributed by atoms with Gasteiger partial charge in [-0.05, 0) is 64.4 Å². The van der Waals surface area contributed by atoms with Crippen LogP contribution in [0.1, 0.15) is 0 Å². The van der Waals surface area contributed by atoms with Gasteiger partial charge in [-0.1, -0.05) is 91.0 Å². The summed E-state index contributed by atoms with van der Waals surface area (Å²) in [6, 6.07) is 49.1. The molecule has 170 valence electrons. The number of hydrogen-bond donors (Lipinski definition) is 0. The van der Waals surface area contributed by atoms with Gasteiger partial charge < -0.3 is 9.32 Å². The van der Waals surface area contributed by atoms with Crippen LogP contribution in [0.5, 0.6) is 0 Å². The van der Waals surface area contributed by atoms with Crippen molar-refractivity contribution in [2.24, 2.45) is 0 Å². The Morgan fingerprint density at radius 2 is 1.08 bits per heavy atom. The van der Waals surface area contributed by atoms with E-state index in [1.54, 1.807) is 0 Å². The van der Waals surface area contributed by atoms with Gasteiger partial charge in [-0.15, -0.1) is 0 Å². The van der Waals surface area contributed by atoms with Crippen LogP contribution in [0.2, 0.25) is 0 Å². The van der Waals surface area contributed by atoms with Gasteiger partial charge in [0.15, 0.2) is 0 Å². The van der Waals surface area contributed by atoms with Crippen LogP contribution in [0, 0.1) is 0 Å². The summed E-state index contributed by atoms with van der Waals surface area (Å²) in [5.41, 5.74) is 7.48. The SMILES string of the molecule is c1ccc(N(c2cccc(-c3cccc4ccccc34)c2)c2ccc3c(c2)oc2ccccc23)cc1. The summed E-state index contributed by atoms with van der Waals surface area (Å²) in [5, 5.41) is 4.78. The lowest BCUT2D eigenvalue weighted by molar-refractivity contribution is 0.669. The van der Waals surface area contributed by atoms with Crippen LogP contribution in [0.15, 0.2) is 144 Å². The molecule has 0 unspecified atom stereocenters. The fourth-order valence-electron chi connectivity index (χ4n) is 5.17. The van der Waals surface area contributed by atoms with Crippen LogP contribution in [0.4, 0.5) is 17.1 Å². The first-order valence-electron chi connectivity index (χ1n) is 12.2. The molecule has 36 heavy (non-hydrogen) atoms. The van der Waals surface area contributed by atoms with E-state index in [9.17, 15) is 0 Å². The van der Waals surface area contributed by atoms with E-state index in [-0.39, 0.29) is 0 Å². The van der Waals surface area contributed by atoms with Crippen molar-refractivity contribution < 1.29 is 4.42 Å². The summed E-state index contributed by atoms with van der Waals surface area (Å²) < 4.78 is 6.23. The van der Waals surface area contributed by atoms with E-state index >= 15 is 0 Å². The molecule has 2 heteroatoms. The Hall–Kier alpha value is -4.82. The Morgan fingerprint density at radius 3 is 2.00 bits per heavy atom. The standard InChI is InChI=1S/C34H23NO/c1-2-13-26(14-3-1)35(28-20-21-32-31-17-6-7-19-33(31)36-34(32)23-28)27-15-8-12-25(22-27)30-18-9-11-24-10-4-5-16-29(24)30/h1-23H. The van der Waals surface area contributed by atoms with E-state index in [0.29, 0.717) is 0 Å². The molecule has 2 nitrogen and oxygen atoms in total. The molecule has 7 aromatic rings. The minimum absolute atomic E-state index is 0.889. The van der Waals surface area contributed by atoms with E-state index < -0.39 is 0 Å². The molecule has 0 aliphatic heterocycles. The minimum Gasteiger partial charge on any atom is -0.456 e. The second kappa shape index (κ2) is 8.44. The molecule has 0 spiro atoms. The molecule has 1 aromatic heterocycles. The van der Waals surface area contributed by atoms with Gasteiger partial charge in [0, 0.05) is 33.9 Å². The lowest BCUT2D eigenvalue weighted by Gasteiger charge is -2.26. The molecule has 6 aromatic carbocycles. The molecule has 0 amide bonds. The maximum absolute atomic E-state index is 6.23. The highest BCUT2D eigenvalue weighted by Gasteiger charge is 2.16. The second-order valence-corrected chi connectivity index (χ2v) is 9.03. The molecule has 7 rings (SSSR count). The fraction of sp³-hybridized carbons (Fsp3) is 0. The number of anilines is 3. The highest BCUT2D eigenvalue weighted by molar-refractivity contribution is 6.06. The summed E-state index contributed by atoms with van der Waals surface area (Å²) in [6.45, 7) is 0. The highest BCUT2D eigenvalue weighted by atomic mass is 16.3. The van der Waals surface area contributed by atoms with Crippen molar-refractivity contribution in [1.29, 1.82) is 0 Å². The van der Waals surface area contributed by atoms with Gasteiger partial charge >= 0.3 is 0 Å². The maximum Gasteiger partial charge on any atom is 0.137 e. The van der Waals surface area contributed by atoms with Gasteiger partial charge in [0.1, 0.15) is 11.2 Å². The Kier molecular flexibility index (Phi) is 4.82. The largest absolute Gasteiger partial charge is 0.456 e. The van der Waals surface area contributed by atoms with Gasteiger partial charge in [-0.25, -0.2) is 0 Å². The molecule has 0 saturated carbocycles. The van der Waals surface area contributed by atoms with Crippen molar-refractivity contribution in [3.8, 4) is 11.1 Å². The molecular formula is C34H23NO. The molecular weight excluding hydrogens is 438 g/mol. The summed E-state index contributed by atoms with van der Waals surface area (Å²) in [7, 11) is 0. The van der Waals surface area contributed by atoms with Crippen molar-refractivity contribution in [1.82, 2.24) is 0 Å². The van der Waals surface area contributed by atoms with Crippen molar-refractivity contribution in [2.45, 2.75) is 0 Å². The Labute approximate surface area is 209 Å². The number of para-hydroxylation sites is 2. The van der Waals surface area contributed by atoms with Crippen molar-refractivity contribution >= 4 is 49.8 Å². The topological polar surface area (TPSA) is 16.4 Å². The van der Waals surface area contributed by atoms with E-state index in [1.165, 1.54) is 21.9 Å². The van der Waals surface area contributed by atoms with Crippen LogP contribution in [0.3, 0.4) is 0 Å². The van der Waals surface area contributed by atoms with Crippen molar-refractivity contribution in [3.63, 3.8) is 0 Å². The summed E-state index contributed by atoms with van der Waals surface area (Å²) in [4.78, 5) is 2.29. The zero-order valence-electron chi connectivity index (χ0n) is 19.6. The lowest BCUT2D eigenvalue weighted by Crippen LogP contribution is -2.09. The quantitative estimate of drug-likeness (QED) is 0.259. The Bertz CT molecular complexity index is 1840. The smallest absolute Gasteiger partial charge is 0.137 e. The molecule has 0 N–H and O–H groups in total. The minimum atomic E-state index is 0.889. The predicted molar refractivity (Wildman–Crippen MR) is 151 cm³/mol. The molecule has 0 aliphatic rings. The first-order valence-corrected chi connectivity index (χ1v) is 12.2. The van der Waals surface area contributed by atoms with Crippen LogP contribution in [-0.2, 0) is 0 Å². The van der Waals surface area contributed by atoms with E-state index in [0.717, 1.165) is 39.0 Å². The third-order valence-corrected chi connectivity index (χ3v) is 6.84. The average molecular weight is 462 g/mol. The van der Waals surface area contributed by atoms with Crippen LogP contribution < -0.4 is 4.90 Å². The van der Waals surface area contributed by atoms with E-state index in [1.807, 2.05) is 12.1 Å². The van der Waals surface area contributed by atoms with Gasteiger partial charge in [-0.2, -0.15) is 0 Å². The normalized spacial score (nSPS) is 11.3. The number of nitrogens with zero attached hydrogens (tertiary/aromatic N) is 1. The summed E-state index contributed by atoms with van der Waals surface area (Å²) in [5.74, 6) is 0. The van der Waals surface area contributed by atoms with E-state index in [4.69, 9.17) is 4.42 Å². The zero-order chi connectivity index (χ0) is 23.9. The molecule has 0 saturated heterocycles. The number of benzene rings is 6. The number of hydrogen-bond acceptors (Lipinski definition) is 2. The molecule has 1 heterocycles. The second-order valence-electron chi connectivity index (χ2n) is 9.03. The fourth-order valence-corrected chi connectivity index (χ4v) is 5.17. The number of rotatable bonds is 4. The average Bonchev–Trinajstić information content (AvgIpc) is 3.32. The van der Waals surface area contributed by atoms with Gasteiger partial charge in [0.05, 0.1) is 0 Å². The number of fused-ring (bicyclic) bond motifs is 4. The van der Waals surface area contributed by atoms with Crippen LogP contribution >= 0.6 is 0 Å². The number of furan rings is 1. The molecule has 0 fully saturated rings. The summed E-state index contributed by atoms with van der Waals surface area (Å²) in [6.07, 6.45) is 0. The Balaban J connectivity index is 1.41. The zero-order valence-corrected chi connectivity index (χ0v) is 19.6.